The van der Waals surface area contributed by atoms with E-state index in [1.807, 2.05) is 103 Å². The fourth-order valence-electron chi connectivity index (χ4n) is 8.73. The Morgan fingerprint density at radius 3 is 1.24 bits per heavy atom. The maximum absolute atomic E-state index is 11.5. The largest absolute Gasteiger partial charge is 0.308 e. The van der Waals surface area contributed by atoms with Gasteiger partial charge in [-0.3, -0.25) is 0 Å². The lowest BCUT2D eigenvalue weighted by atomic mass is 9.97. The summed E-state index contributed by atoms with van der Waals surface area (Å²) in [7, 11) is 0. The third kappa shape index (κ3) is 5.71. The quantitative estimate of drug-likeness (QED) is 0.169. The van der Waals surface area contributed by atoms with Gasteiger partial charge in [-0.2, -0.15) is 31.6 Å². The topological polar surface area (TPSA) is 153 Å². The molecule has 62 heavy (non-hydrogen) atoms. The highest BCUT2D eigenvalue weighted by molar-refractivity contribution is 6.12. The van der Waals surface area contributed by atoms with Crippen molar-refractivity contribution in [3.63, 3.8) is 0 Å². The van der Waals surface area contributed by atoms with Gasteiger partial charge in [0, 0.05) is 21.5 Å². The predicted molar refractivity (Wildman–Crippen MR) is 240 cm³/mol. The minimum absolute atomic E-state index is 0.374. The van der Waals surface area contributed by atoms with Gasteiger partial charge in [0.1, 0.15) is 11.6 Å². The number of rotatable bonds is 5. The minimum Gasteiger partial charge on any atom is -0.308 e. The minimum atomic E-state index is 0.374. The van der Waals surface area contributed by atoms with E-state index in [9.17, 15) is 31.6 Å². The van der Waals surface area contributed by atoms with Crippen LogP contribution in [0.5, 0.6) is 0 Å². The summed E-state index contributed by atoms with van der Waals surface area (Å²) in [6.45, 7) is 0. The molecule has 0 aliphatic heterocycles. The molecule has 8 nitrogen and oxygen atoms in total. The average Bonchev–Trinajstić information content (AvgIpc) is 3.84. The Morgan fingerprint density at radius 1 is 0.306 bits per heavy atom. The zero-order chi connectivity index (χ0) is 42.5. The first-order valence-corrected chi connectivity index (χ1v) is 19.5. The van der Waals surface area contributed by atoms with Crippen molar-refractivity contribution < 1.29 is 0 Å². The van der Waals surface area contributed by atoms with Crippen molar-refractivity contribution in [2.45, 2.75) is 0 Å². The fraction of sp³-hybridized carbons (Fsp3) is 0. The molecular formula is C54H26N8. The molecule has 8 heteroatoms. The van der Waals surface area contributed by atoms with E-state index < -0.39 is 0 Å². The van der Waals surface area contributed by atoms with Gasteiger partial charge in [-0.25, -0.2) is 0 Å². The Hall–Kier alpha value is -9.70. The van der Waals surface area contributed by atoms with E-state index in [4.69, 9.17) is 0 Å². The summed E-state index contributed by atoms with van der Waals surface area (Å²) in [6, 6.07) is 63.3. The van der Waals surface area contributed by atoms with Crippen LogP contribution in [0.4, 0.5) is 0 Å². The van der Waals surface area contributed by atoms with Gasteiger partial charge in [0.15, 0.2) is 0 Å². The van der Waals surface area contributed by atoms with Crippen molar-refractivity contribution >= 4 is 43.6 Å². The molecule has 0 bridgehead atoms. The molecule has 8 aromatic carbocycles. The number of aromatic nitrogens is 2. The molecule has 0 saturated carbocycles. The van der Waals surface area contributed by atoms with Crippen LogP contribution in [-0.4, -0.2) is 9.13 Å². The van der Waals surface area contributed by atoms with E-state index in [-0.39, 0.29) is 0 Å². The first kappa shape index (κ1) is 36.6. The normalized spacial score (nSPS) is 10.8. The van der Waals surface area contributed by atoms with E-state index in [0.29, 0.717) is 55.9 Å². The Labute approximate surface area is 355 Å². The monoisotopic (exact) mass is 786 g/mol. The summed E-state index contributed by atoms with van der Waals surface area (Å²) in [4.78, 5) is 0. The van der Waals surface area contributed by atoms with Gasteiger partial charge in [0.25, 0.3) is 0 Å². The number of benzene rings is 8. The van der Waals surface area contributed by atoms with Crippen molar-refractivity contribution in [3.8, 4) is 81.2 Å². The van der Waals surface area contributed by atoms with E-state index in [0.717, 1.165) is 65.9 Å². The zero-order valence-electron chi connectivity index (χ0n) is 32.6. The van der Waals surface area contributed by atoms with Crippen LogP contribution in [0, 0.1) is 68.0 Å². The molecule has 10 aromatic rings. The second kappa shape index (κ2) is 14.6. The Kier molecular flexibility index (Phi) is 8.62. The third-order valence-corrected chi connectivity index (χ3v) is 11.5. The van der Waals surface area contributed by atoms with Crippen LogP contribution in [0.25, 0.3) is 88.4 Å². The predicted octanol–water partition coefficient (Wildman–Crippen LogP) is 12.1. The van der Waals surface area contributed by atoms with Crippen LogP contribution in [0.15, 0.2) is 158 Å². The van der Waals surface area contributed by atoms with Crippen LogP contribution < -0.4 is 0 Å². The SMILES string of the molecule is N#Cc1cccc(-c2cc(-n3c4ccccc4c4ccc(-c5ccc(C#N)cc5C#N)cc43)c(C#N)c(-n3c4ccccc4c4ccc(-c5ccc(C#N)cc5C#N)cc43)c2)c1. The molecule has 10 rings (SSSR count). The molecule has 0 aliphatic rings. The third-order valence-electron chi connectivity index (χ3n) is 11.5. The number of fused-ring (bicyclic) bond motifs is 6. The van der Waals surface area contributed by atoms with Crippen LogP contribution in [0.1, 0.15) is 33.4 Å². The maximum atomic E-state index is 11.5. The molecule has 2 aromatic heterocycles. The summed E-state index contributed by atoms with van der Waals surface area (Å²) in [5, 5.41) is 64.7. The summed E-state index contributed by atoms with van der Waals surface area (Å²) in [5.74, 6) is 0. The van der Waals surface area contributed by atoms with Crippen LogP contribution in [0.2, 0.25) is 0 Å². The van der Waals surface area contributed by atoms with Gasteiger partial charge in [-0.1, -0.05) is 84.9 Å². The van der Waals surface area contributed by atoms with Crippen molar-refractivity contribution in [2.24, 2.45) is 0 Å². The molecule has 0 radical (unpaired) electrons. The van der Waals surface area contributed by atoms with Crippen molar-refractivity contribution in [2.75, 3.05) is 0 Å². The Balaban J connectivity index is 1.33. The molecule has 2 heterocycles. The number of hydrogen-bond acceptors (Lipinski definition) is 6. The standard InChI is InChI=1S/C54H26N8/c55-27-33-6-5-7-36(20-33)39-25-53(61-49-10-3-1-8-44(49)46-18-14-37(23-51(46)61)42-16-12-34(28-56)21-40(42)30-58)48(32-60)54(26-39)62-50-11-4-2-9-45(50)47-19-15-38(24-52(47)62)43-17-13-35(29-57)22-41(43)31-59/h1-26H. The molecule has 0 atom stereocenters. The van der Waals surface area contributed by atoms with Crippen molar-refractivity contribution in [1.82, 2.24) is 9.13 Å². The molecule has 0 amide bonds. The van der Waals surface area contributed by atoms with Crippen molar-refractivity contribution in [1.29, 1.82) is 31.6 Å². The van der Waals surface area contributed by atoms with Gasteiger partial charge in [0.05, 0.1) is 91.6 Å². The lowest BCUT2D eigenvalue weighted by Crippen LogP contribution is -2.05. The molecule has 0 unspecified atom stereocenters. The van der Waals surface area contributed by atoms with Crippen LogP contribution in [0.3, 0.4) is 0 Å². The molecule has 0 saturated heterocycles. The van der Waals surface area contributed by atoms with E-state index in [1.165, 1.54) is 0 Å². The van der Waals surface area contributed by atoms with Crippen LogP contribution in [-0.2, 0) is 0 Å². The van der Waals surface area contributed by atoms with Gasteiger partial charge in [-0.15, -0.1) is 0 Å². The van der Waals surface area contributed by atoms with Gasteiger partial charge >= 0.3 is 0 Å². The second-order valence-electron chi connectivity index (χ2n) is 14.8. The van der Waals surface area contributed by atoms with Gasteiger partial charge < -0.3 is 9.13 Å². The molecule has 0 aliphatic carbocycles. The van der Waals surface area contributed by atoms with E-state index >= 15 is 0 Å². The summed E-state index contributed by atoms with van der Waals surface area (Å²) in [6.07, 6.45) is 0. The van der Waals surface area contributed by atoms with Gasteiger partial charge in [0.2, 0.25) is 0 Å². The summed E-state index contributed by atoms with van der Waals surface area (Å²) in [5.41, 5.74) is 11.4. The lowest BCUT2D eigenvalue weighted by molar-refractivity contribution is 1.12. The Bertz CT molecular complexity index is 3620. The smallest absolute Gasteiger partial charge is 0.104 e. The molecule has 282 valence electrons. The lowest BCUT2D eigenvalue weighted by Gasteiger charge is -2.19. The molecule has 0 spiro atoms. The summed E-state index contributed by atoms with van der Waals surface area (Å²) < 4.78 is 4.19. The van der Waals surface area contributed by atoms with E-state index in [2.05, 4.69) is 57.7 Å². The number of nitriles is 6. The number of nitrogens with zero attached hydrogens (tertiary/aromatic N) is 8. The fourth-order valence-corrected chi connectivity index (χ4v) is 8.73. The van der Waals surface area contributed by atoms with Gasteiger partial charge in [-0.05, 0) is 106 Å². The average molecular weight is 787 g/mol. The number of hydrogen-bond donors (Lipinski definition) is 0. The highest BCUT2D eigenvalue weighted by Crippen LogP contribution is 2.42. The first-order chi connectivity index (χ1) is 30.5. The highest BCUT2D eigenvalue weighted by atomic mass is 15.0. The second-order valence-corrected chi connectivity index (χ2v) is 14.8. The number of para-hydroxylation sites is 2. The Morgan fingerprint density at radius 2 is 0.774 bits per heavy atom. The zero-order valence-corrected chi connectivity index (χ0v) is 32.6. The van der Waals surface area contributed by atoms with Crippen LogP contribution >= 0.6 is 0 Å². The molecule has 0 fully saturated rings. The maximum Gasteiger partial charge on any atom is 0.104 e. The molecular weight excluding hydrogens is 761 g/mol. The summed E-state index contributed by atoms with van der Waals surface area (Å²) >= 11 is 0. The van der Waals surface area contributed by atoms with Crippen molar-refractivity contribution in [3.05, 3.63) is 191 Å². The first-order valence-electron chi connectivity index (χ1n) is 19.5. The highest BCUT2D eigenvalue weighted by Gasteiger charge is 2.24. The van der Waals surface area contributed by atoms with E-state index in [1.54, 1.807) is 42.5 Å². The molecule has 0 N–H and O–H groups in total.